The number of hydrogen-bond donors (Lipinski definition) is 1. The Morgan fingerprint density at radius 3 is 2.81 bits per heavy atom. The van der Waals surface area contributed by atoms with Crippen LogP contribution in [0.2, 0.25) is 0 Å². The molecule has 4 rings (SSSR count). The lowest BCUT2D eigenvalue weighted by Gasteiger charge is -2.24. The molecule has 1 aliphatic rings. The molecular formula is C22H24N4O. The van der Waals surface area contributed by atoms with Gasteiger partial charge in [0.05, 0.1) is 7.11 Å². The van der Waals surface area contributed by atoms with Gasteiger partial charge in [-0.2, -0.15) is 4.98 Å². The predicted molar refractivity (Wildman–Crippen MR) is 109 cm³/mol. The first-order chi connectivity index (χ1) is 13.3. The molecule has 0 saturated heterocycles. The molecule has 0 spiro atoms. The summed E-state index contributed by atoms with van der Waals surface area (Å²) in [7, 11) is 1.70. The molecule has 1 atom stereocenters. The highest BCUT2D eigenvalue weighted by atomic mass is 16.5. The Balaban J connectivity index is 1.47. The summed E-state index contributed by atoms with van der Waals surface area (Å²) in [6.07, 6.45) is 3.71. The van der Waals surface area contributed by atoms with E-state index in [1.807, 2.05) is 30.5 Å². The van der Waals surface area contributed by atoms with Crippen molar-refractivity contribution in [2.24, 2.45) is 0 Å². The Hall–Kier alpha value is -3.08. The maximum atomic E-state index is 5.41. The van der Waals surface area contributed by atoms with Crippen molar-refractivity contribution in [3.8, 4) is 5.75 Å². The Morgan fingerprint density at radius 2 is 1.93 bits per heavy atom. The van der Waals surface area contributed by atoms with Crippen molar-refractivity contribution in [1.29, 1.82) is 0 Å². The molecule has 27 heavy (non-hydrogen) atoms. The Kier molecular flexibility index (Phi) is 4.92. The second kappa shape index (κ2) is 7.66. The average Bonchev–Trinajstić information content (AvgIpc) is 3.04. The van der Waals surface area contributed by atoms with Crippen molar-refractivity contribution < 1.29 is 4.74 Å². The lowest BCUT2D eigenvalue weighted by Crippen LogP contribution is -2.25. The third-order valence-electron chi connectivity index (χ3n) is 4.96. The first kappa shape index (κ1) is 17.3. The van der Waals surface area contributed by atoms with Crippen molar-refractivity contribution in [3.05, 3.63) is 71.9 Å². The van der Waals surface area contributed by atoms with Crippen molar-refractivity contribution >= 4 is 17.5 Å². The summed E-state index contributed by atoms with van der Waals surface area (Å²) in [5, 5.41) is 3.34. The molecule has 0 fully saturated rings. The lowest BCUT2D eigenvalue weighted by molar-refractivity contribution is 0.410. The van der Waals surface area contributed by atoms with E-state index in [0.717, 1.165) is 31.0 Å². The molecule has 3 aromatic rings. The second-order valence-electron chi connectivity index (χ2n) is 6.78. The first-order valence-electron chi connectivity index (χ1n) is 9.32. The minimum Gasteiger partial charge on any atom is -0.496 e. The maximum absolute atomic E-state index is 5.41. The fourth-order valence-electron chi connectivity index (χ4n) is 3.70. The summed E-state index contributed by atoms with van der Waals surface area (Å²) in [5.41, 5.74) is 3.78. The fraction of sp³-hybridized carbons (Fsp3) is 0.273. The molecule has 0 amide bonds. The van der Waals surface area contributed by atoms with Crippen LogP contribution in [-0.2, 0) is 12.8 Å². The predicted octanol–water partition coefficient (Wildman–Crippen LogP) is 4.22. The van der Waals surface area contributed by atoms with E-state index in [-0.39, 0.29) is 0 Å². The number of fused-ring (bicyclic) bond motifs is 1. The Bertz CT molecular complexity index is 927. The molecule has 0 saturated carbocycles. The van der Waals surface area contributed by atoms with Gasteiger partial charge in [0.1, 0.15) is 11.6 Å². The monoisotopic (exact) mass is 360 g/mol. The quantitative estimate of drug-likeness (QED) is 0.713. The zero-order valence-electron chi connectivity index (χ0n) is 15.7. The van der Waals surface area contributed by atoms with E-state index >= 15 is 0 Å². The SMILES string of the molecule is COc1ccccc1CCNc1nccc(N2c3ccccc3CC2C)n1. The van der Waals surface area contributed by atoms with Gasteiger partial charge < -0.3 is 15.0 Å². The van der Waals surface area contributed by atoms with Crippen LogP contribution >= 0.6 is 0 Å². The van der Waals surface area contributed by atoms with E-state index < -0.39 is 0 Å². The van der Waals surface area contributed by atoms with E-state index in [2.05, 4.69) is 52.5 Å². The highest BCUT2D eigenvalue weighted by molar-refractivity contribution is 5.69. The van der Waals surface area contributed by atoms with Crippen LogP contribution < -0.4 is 15.0 Å². The largest absolute Gasteiger partial charge is 0.496 e. The van der Waals surface area contributed by atoms with Gasteiger partial charge in [0.25, 0.3) is 0 Å². The number of ether oxygens (including phenoxy) is 1. The zero-order chi connectivity index (χ0) is 18.6. The number of methoxy groups -OCH3 is 1. The molecule has 0 aliphatic carbocycles. The van der Waals surface area contributed by atoms with E-state index in [9.17, 15) is 0 Å². The van der Waals surface area contributed by atoms with E-state index in [1.54, 1.807) is 7.11 Å². The fourth-order valence-corrected chi connectivity index (χ4v) is 3.70. The molecule has 1 aliphatic heterocycles. The molecule has 0 bridgehead atoms. The average molecular weight is 360 g/mol. The maximum Gasteiger partial charge on any atom is 0.224 e. The summed E-state index contributed by atoms with van der Waals surface area (Å²) in [6.45, 7) is 2.98. The number of benzene rings is 2. The number of para-hydroxylation sites is 2. The number of anilines is 3. The van der Waals surface area contributed by atoms with Crippen LogP contribution in [0.15, 0.2) is 60.8 Å². The molecule has 138 valence electrons. The van der Waals surface area contributed by atoms with Crippen LogP contribution in [0.4, 0.5) is 17.5 Å². The van der Waals surface area contributed by atoms with Gasteiger partial charge in [0.15, 0.2) is 0 Å². The number of aromatic nitrogens is 2. The van der Waals surface area contributed by atoms with E-state index in [0.29, 0.717) is 12.0 Å². The smallest absolute Gasteiger partial charge is 0.224 e. The molecule has 1 aromatic heterocycles. The topological polar surface area (TPSA) is 50.3 Å². The zero-order valence-corrected chi connectivity index (χ0v) is 15.7. The molecule has 2 aromatic carbocycles. The van der Waals surface area contributed by atoms with Crippen LogP contribution in [0.3, 0.4) is 0 Å². The molecule has 2 heterocycles. The Labute approximate surface area is 160 Å². The van der Waals surface area contributed by atoms with Crippen molar-refractivity contribution in [3.63, 3.8) is 0 Å². The summed E-state index contributed by atoms with van der Waals surface area (Å²) in [4.78, 5) is 11.4. The van der Waals surface area contributed by atoms with Crippen molar-refractivity contribution in [1.82, 2.24) is 9.97 Å². The van der Waals surface area contributed by atoms with Gasteiger partial charge >= 0.3 is 0 Å². The third-order valence-corrected chi connectivity index (χ3v) is 4.96. The van der Waals surface area contributed by atoms with Gasteiger partial charge in [-0.3, -0.25) is 0 Å². The van der Waals surface area contributed by atoms with Crippen LogP contribution in [0.5, 0.6) is 5.75 Å². The molecule has 5 nitrogen and oxygen atoms in total. The number of hydrogen-bond acceptors (Lipinski definition) is 5. The molecule has 1 N–H and O–H groups in total. The van der Waals surface area contributed by atoms with Gasteiger partial charge in [0, 0.05) is 24.5 Å². The lowest BCUT2D eigenvalue weighted by atomic mass is 10.1. The summed E-state index contributed by atoms with van der Waals surface area (Å²) in [6, 6.07) is 19.0. The molecule has 0 radical (unpaired) electrons. The van der Waals surface area contributed by atoms with Crippen LogP contribution in [-0.4, -0.2) is 29.7 Å². The summed E-state index contributed by atoms with van der Waals surface area (Å²) < 4.78 is 5.41. The first-order valence-corrected chi connectivity index (χ1v) is 9.32. The minimum atomic E-state index is 0.388. The standard InChI is InChI=1S/C22H24N4O/c1-16-15-18-8-3-5-9-19(18)26(16)21-12-14-24-22(25-21)23-13-11-17-7-4-6-10-20(17)27-2/h3-10,12,14,16H,11,13,15H2,1-2H3,(H,23,24,25). The number of rotatable bonds is 6. The third kappa shape index (κ3) is 3.58. The van der Waals surface area contributed by atoms with Crippen LogP contribution in [0.1, 0.15) is 18.1 Å². The van der Waals surface area contributed by atoms with E-state index in [1.165, 1.54) is 16.8 Å². The van der Waals surface area contributed by atoms with Crippen LogP contribution in [0.25, 0.3) is 0 Å². The summed E-state index contributed by atoms with van der Waals surface area (Å²) >= 11 is 0. The number of nitrogens with one attached hydrogen (secondary N) is 1. The highest BCUT2D eigenvalue weighted by Crippen LogP contribution is 2.37. The van der Waals surface area contributed by atoms with Gasteiger partial charge in [-0.15, -0.1) is 0 Å². The normalized spacial score (nSPS) is 15.5. The van der Waals surface area contributed by atoms with Gasteiger partial charge in [-0.1, -0.05) is 36.4 Å². The minimum absolute atomic E-state index is 0.388. The Morgan fingerprint density at radius 1 is 1.11 bits per heavy atom. The van der Waals surface area contributed by atoms with Crippen molar-refractivity contribution in [2.75, 3.05) is 23.9 Å². The van der Waals surface area contributed by atoms with E-state index in [4.69, 9.17) is 9.72 Å². The van der Waals surface area contributed by atoms with Crippen LogP contribution in [0, 0.1) is 0 Å². The molecular weight excluding hydrogens is 336 g/mol. The van der Waals surface area contributed by atoms with Gasteiger partial charge in [-0.05, 0) is 49.1 Å². The molecule has 1 unspecified atom stereocenters. The van der Waals surface area contributed by atoms with Gasteiger partial charge in [0.2, 0.25) is 5.95 Å². The summed E-state index contributed by atoms with van der Waals surface area (Å²) in [5.74, 6) is 2.50. The van der Waals surface area contributed by atoms with Gasteiger partial charge in [-0.25, -0.2) is 4.98 Å². The highest BCUT2D eigenvalue weighted by Gasteiger charge is 2.27. The second-order valence-corrected chi connectivity index (χ2v) is 6.78. The van der Waals surface area contributed by atoms with Crippen molar-refractivity contribution in [2.45, 2.75) is 25.8 Å². The number of nitrogens with zero attached hydrogens (tertiary/aromatic N) is 3. The molecule has 5 heteroatoms.